The molecule has 0 atom stereocenters. The van der Waals surface area contributed by atoms with Gasteiger partial charge < -0.3 is 9.72 Å². The Kier molecular flexibility index (Phi) is 2.40. The van der Waals surface area contributed by atoms with Gasteiger partial charge in [-0.15, -0.1) is 0 Å². The second-order valence-electron chi connectivity index (χ2n) is 3.53. The summed E-state index contributed by atoms with van der Waals surface area (Å²) < 4.78 is 4.97. The summed E-state index contributed by atoms with van der Waals surface area (Å²) in [7, 11) is 1.61. The minimum absolute atomic E-state index is 0.132. The van der Waals surface area contributed by atoms with Gasteiger partial charge >= 0.3 is 0 Å². The summed E-state index contributed by atoms with van der Waals surface area (Å²) in [5.41, 5.74) is 1.19. The van der Waals surface area contributed by atoms with Crippen molar-refractivity contribution in [1.82, 2.24) is 9.97 Å². The van der Waals surface area contributed by atoms with Gasteiger partial charge in [-0.25, -0.2) is 0 Å². The van der Waals surface area contributed by atoms with E-state index >= 15 is 0 Å². The van der Waals surface area contributed by atoms with Gasteiger partial charge in [-0.1, -0.05) is 20.8 Å². The number of nitrogens with zero attached hydrogens (tertiary/aromatic N) is 1. The number of imidazole rings is 1. The first-order valence-corrected chi connectivity index (χ1v) is 4.20. The maximum Gasteiger partial charge on any atom is 0.293 e. The van der Waals surface area contributed by atoms with Crippen LogP contribution in [0.3, 0.4) is 0 Å². The third kappa shape index (κ3) is 1.60. The Balaban J connectivity index is 2.88. The van der Waals surface area contributed by atoms with Gasteiger partial charge in [-0.2, -0.15) is 4.98 Å². The van der Waals surface area contributed by atoms with Crippen LogP contribution in [0.2, 0.25) is 0 Å². The van der Waals surface area contributed by atoms with Crippen molar-refractivity contribution in [2.75, 3.05) is 7.11 Å². The fourth-order valence-electron chi connectivity index (χ4n) is 0.936. The molecule has 0 bridgehead atoms. The topological polar surface area (TPSA) is 37.9 Å². The highest BCUT2D eigenvalue weighted by Crippen LogP contribution is 2.25. The third-order valence-electron chi connectivity index (χ3n) is 2.32. The molecule has 68 valence electrons. The highest BCUT2D eigenvalue weighted by atomic mass is 16.5. The number of hydrogen-bond donors (Lipinski definition) is 1. The van der Waals surface area contributed by atoms with Gasteiger partial charge in [0.15, 0.2) is 0 Å². The number of rotatable bonds is 3. The second-order valence-corrected chi connectivity index (χ2v) is 3.53. The molecule has 0 amide bonds. The van der Waals surface area contributed by atoms with Crippen LogP contribution in [-0.4, -0.2) is 17.1 Å². The quantitative estimate of drug-likeness (QED) is 0.750. The number of nitrogens with one attached hydrogen (secondary N) is 1. The van der Waals surface area contributed by atoms with Gasteiger partial charge in [0.25, 0.3) is 6.01 Å². The average molecular weight is 168 g/mol. The zero-order valence-corrected chi connectivity index (χ0v) is 8.14. The van der Waals surface area contributed by atoms with E-state index < -0.39 is 0 Å². The summed E-state index contributed by atoms with van der Waals surface area (Å²) in [6, 6.07) is 0.589. The summed E-state index contributed by atoms with van der Waals surface area (Å²) in [6.07, 6.45) is 2.98. The van der Waals surface area contributed by atoms with Crippen LogP contribution in [0.15, 0.2) is 6.20 Å². The molecule has 0 saturated carbocycles. The maximum absolute atomic E-state index is 4.97. The lowest BCUT2D eigenvalue weighted by atomic mass is 9.87. The van der Waals surface area contributed by atoms with E-state index in [4.69, 9.17) is 4.74 Å². The molecular formula is C9H16N2O. The van der Waals surface area contributed by atoms with Crippen LogP contribution >= 0.6 is 0 Å². The molecule has 0 fully saturated rings. The van der Waals surface area contributed by atoms with Gasteiger partial charge in [0.2, 0.25) is 0 Å². The fraction of sp³-hybridized carbons (Fsp3) is 0.667. The van der Waals surface area contributed by atoms with Crippen molar-refractivity contribution in [3.63, 3.8) is 0 Å². The Bertz CT molecular complexity index is 253. The summed E-state index contributed by atoms with van der Waals surface area (Å²) in [5, 5.41) is 0. The minimum Gasteiger partial charge on any atom is -0.468 e. The average Bonchev–Trinajstić information content (AvgIpc) is 2.52. The van der Waals surface area contributed by atoms with Crippen LogP contribution in [0.1, 0.15) is 32.9 Å². The number of H-pyrrole nitrogens is 1. The lowest BCUT2D eigenvalue weighted by molar-refractivity contribution is 0.380. The first-order valence-electron chi connectivity index (χ1n) is 4.20. The van der Waals surface area contributed by atoms with E-state index in [2.05, 4.69) is 30.7 Å². The van der Waals surface area contributed by atoms with Crippen LogP contribution < -0.4 is 4.74 Å². The van der Waals surface area contributed by atoms with E-state index in [0.29, 0.717) is 6.01 Å². The standard InChI is InChI=1S/C9H16N2O/c1-5-9(2,3)7-6-10-8(11-7)12-4/h6H,5H2,1-4H3,(H,10,11). The van der Waals surface area contributed by atoms with Crippen LogP contribution in [0, 0.1) is 0 Å². The van der Waals surface area contributed by atoms with E-state index in [-0.39, 0.29) is 5.41 Å². The van der Waals surface area contributed by atoms with Crippen LogP contribution in [0.25, 0.3) is 0 Å². The lowest BCUT2D eigenvalue weighted by Crippen LogP contribution is -2.15. The van der Waals surface area contributed by atoms with Crippen LogP contribution in [-0.2, 0) is 5.41 Å². The van der Waals surface area contributed by atoms with Gasteiger partial charge in [0, 0.05) is 11.6 Å². The SMILES string of the molecule is CCC(C)(C)c1c[nH]c(OC)n1. The number of hydrogen-bond acceptors (Lipinski definition) is 2. The van der Waals surface area contributed by atoms with Gasteiger partial charge in [0.1, 0.15) is 0 Å². The predicted molar refractivity (Wildman–Crippen MR) is 48.5 cm³/mol. The molecule has 0 aromatic carbocycles. The number of aromatic nitrogens is 2. The molecule has 0 aliphatic heterocycles. The zero-order valence-electron chi connectivity index (χ0n) is 8.14. The van der Waals surface area contributed by atoms with Crippen molar-refractivity contribution in [1.29, 1.82) is 0 Å². The Labute approximate surface area is 73.2 Å². The smallest absolute Gasteiger partial charge is 0.293 e. The van der Waals surface area contributed by atoms with E-state index in [9.17, 15) is 0 Å². The number of ether oxygens (including phenoxy) is 1. The van der Waals surface area contributed by atoms with Crippen molar-refractivity contribution in [3.05, 3.63) is 11.9 Å². The van der Waals surface area contributed by atoms with Crippen molar-refractivity contribution in [2.45, 2.75) is 32.6 Å². The summed E-state index contributed by atoms with van der Waals surface area (Å²) >= 11 is 0. The second kappa shape index (κ2) is 3.17. The van der Waals surface area contributed by atoms with E-state index in [1.54, 1.807) is 7.11 Å². The predicted octanol–water partition coefficient (Wildman–Crippen LogP) is 2.11. The summed E-state index contributed by atoms with van der Waals surface area (Å²) in [4.78, 5) is 7.26. The molecule has 3 nitrogen and oxygen atoms in total. The molecule has 1 aromatic rings. The van der Waals surface area contributed by atoms with Crippen molar-refractivity contribution in [3.8, 4) is 6.01 Å². The van der Waals surface area contributed by atoms with E-state index in [1.807, 2.05) is 6.20 Å². The van der Waals surface area contributed by atoms with Crippen molar-refractivity contribution >= 4 is 0 Å². The maximum atomic E-state index is 4.97. The number of methoxy groups -OCH3 is 1. The van der Waals surface area contributed by atoms with Crippen LogP contribution in [0.5, 0.6) is 6.01 Å². The molecule has 1 N–H and O–H groups in total. The molecule has 3 heteroatoms. The highest BCUT2D eigenvalue weighted by molar-refractivity contribution is 5.14. The van der Waals surface area contributed by atoms with Crippen molar-refractivity contribution < 1.29 is 4.74 Å². The van der Waals surface area contributed by atoms with E-state index in [0.717, 1.165) is 12.1 Å². The summed E-state index contributed by atoms with van der Waals surface area (Å²) in [6.45, 7) is 6.49. The largest absolute Gasteiger partial charge is 0.468 e. The van der Waals surface area contributed by atoms with Crippen molar-refractivity contribution in [2.24, 2.45) is 0 Å². The van der Waals surface area contributed by atoms with Gasteiger partial charge in [-0.3, -0.25) is 0 Å². The molecule has 0 radical (unpaired) electrons. The summed E-state index contributed by atoms with van der Waals surface area (Å²) in [5.74, 6) is 0. The number of aromatic amines is 1. The van der Waals surface area contributed by atoms with E-state index in [1.165, 1.54) is 0 Å². The normalized spacial score (nSPS) is 11.7. The lowest BCUT2D eigenvalue weighted by Gasteiger charge is -2.18. The first-order chi connectivity index (χ1) is 5.60. The fourth-order valence-corrected chi connectivity index (χ4v) is 0.936. The molecule has 0 unspecified atom stereocenters. The molecule has 1 aromatic heterocycles. The molecule has 0 aliphatic rings. The van der Waals surface area contributed by atoms with Gasteiger partial charge in [-0.05, 0) is 6.42 Å². The molecule has 0 spiro atoms. The first kappa shape index (κ1) is 9.10. The molecular weight excluding hydrogens is 152 g/mol. The monoisotopic (exact) mass is 168 g/mol. The molecule has 0 saturated heterocycles. The third-order valence-corrected chi connectivity index (χ3v) is 2.32. The molecule has 1 rings (SSSR count). The molecule has 0 aliphatic carbocycles. The Hall–Kier alpha value is -0.990. The minimum atomic E-state index is 0.132. The van der Waals surface area contributed by atoms with Gasteiger partial charge in [0.05, 0.1) is 12.8 Å². The Morgan fingerprint density at radius 1 is 1.58 bits per heavy atom. The zero-order chi connectivity index (χ0) is 9.19. The Morgan fingerprint density at radius 3 is 2.67 bits per heavy atom. The highest BCUT2D eigenvalue weighted by Gasteiger charge is 2.21. The Morgan fingerprint density at radius 2 is 2.25 bits per heavy atom. The molecule has 12 heavy (non-hydrogen) atoms. The van der Waals surface area contributed by atoms with Crippen LogP contribution in [0.4, 0.5) is 0 Å². The molecule has 1 heterocycles.